The van der Waals surface area contributed by atoms with E-state index in [0.717, 1.165) is 35.5 Å². The first-order valence-electron chi connectivity index (χ1n) is 10.2. The standard InChI is InChI=1S/C21H24N8O2/c1-13-8-15(17-11-27(2)12-24-17)22-9-16(13)25-20-23-10-18-19(26-20)29(21(30)28(18)3)14-4-6-31-7-5-14/h8-12,14H,4-7H2,1-3H3,(H,23,25,26). The van der Waals surface area contributed by atoms with Crippen molar-refractivity contribution in [3.8, 4) is 11.4 Å². The van der Waals surface area contributed by atoms with Crippen LogP contribution >= 0.6 is 0 Å². The van der Waals surface area contributed by atoms with Gasteiger partial charge in [-0.3, -0.25) is 14.1 Å². The van der Waals surface area contributed by atoms with Crippen LogP contribution in [0.1, 0.15) is 24.4 Å². The zero-order valence-corrected chi connectivity index (χ0v) is 17.7. The largest absolute Gasteiger partial charge is 0.381 e. The topological polar surface area (TPSA) is 105 Å². The molecular weight excluding hydrogens is 396 g/mol. The first-order chi connectivity index (χ1) is 15.0. The van der Waals surface area contributed by atoms with E-state index in [1.165, 1.54) is 0 Å². The summed E-state index contributed by atoms with van der Waals surface area (Å²) in [5, 5.41) is 3.25. The smallest absolute Gasteiger partial charge is 0.330 e. The fourth-order valence-corrected chi connectivity index (χ4v) is 3.96. The Kier molecular flexibility index (Phi) is 4.78. The lowest BCUT2D eigenvalue weighted by molar-refractivity contribution is 0.0695. The molecule has 0 radical (unpaired) electrons. The van der Waals surface area contributed by atoms with E-state index >= 15 is 0 Å². The van der Waals surface area contributed by atoms with Crippen LogP contribution in [0.4, 0.5) is 11.6 Å². The van der Waals surface area contributed by atoms with E-state index in [9.17, 15) is 4.79 Å². The lowest BCUT2D eigenvalue weighted by Crippen LogP contribution is -2.30. The van der Waals surface area contributed by atoms with Gasteiger partial charge in [-0.15, -0.1) is 0 Å². The molecule has 0 spiro atoms. The van der Waals surface area contributed by atoms with Crippen molar-refractivity contribution in [2.75, 3.05) is 18.5 Å². The summed E-state index contributed by atoms with van der Waals surface area (Å²) in [5.74, 6) is 0.425. The van der Waals surface area contributed by atoms with Crippen LogP contribution in [-0.2, 0) is 18.8 Å². The number of nitrogens with zero attached hydrogens (tertiary/aromatic N) is 7. The minimum absolute atomic E-state index is 0.0776. The van der Waals surface area contributed by atoms with Crippen molar-refractivity contribution < 1.29 is 4.74 Å². The molecule has 0 saturated carbocycles. The van der Waals surface area contributed by atoms with Gasteiger partial charge in [-0.1, -0.05) is 0 Å². The average Bonchev–Trinajstić information content (AvgIpc) is 3.31. The van der Waals surface area contributed by atoms with Gasteiger partial charge in [0, 0.05) is 39.5 Å². The summed E-state index contributed by atoms with van der Waals surface area (Å²) in [6, 6.07) is 2.05. The third-order valence-electron chi connectivity index (χ3n) is 5.71. The van der Waals surface area contributed by atoms with Gasteiger partial charge in [0.15, 0.2) is 5.65 Å². The Morgan fingerprint density at radius 1 is 1.10 bits per heavy atom. The molecule has 0 unspecified atom stereocenters. The molecule has 4 aromatic heterocycles. The van der Waals surface area contributed by atoms with Crippen LogP contribution < -0.4 is 11.0 Å². The van der Waals surface area contributed by atoms with Crippen molar-refractivity contribution in [3.63, 3.8) is 0 Å². The number of imidazole rings is 2. The minimum Gasteiger partial charge on any atom is -0.381 e. The summed E-state index contributed by atoms with van der Waals surface area (Å²) in [7, 11) is 3.68. The van der Waals surface area contributed by atoms with Crippen molar-refractivity contribution in [2.45, 2.75) is 25.8 Å². The second kappa shape index (κ2) is 7.62. The van der Waals surface area contributed by atoms with Crippen LogP contribution in [0.3, 0.4) is 0 Å². The van der Waals surface area contributed by atoms with Gasteiger partial charge in [-0.05, 0) is 31.4 Å². The highest BCUT2D eigenvalue weighted by Gasteiger charge is 2.23. The number of ether oxygens (including phenoxy) is 1. The van der Waals surface area contributed by atoms with E-state index < -0.39 is 0 Å². The highest BCUT2D eigenvalue weighted by molar-refractivity contribution is 5.73. The Bertz CT molecular complexity index is 1310. The Hall–Kier alpha value is -3.53. The molecule has 1 aliphatic heterocycles. The van der Waals surface area contributed by atoms with Crippen molar-refractivity contribution >= 4 is 22.8 Å². The van der Waals surface area contributed by atoms with Gasteiger partial charge in [-0.25, -0.2) is 14.8 Å². The third kappa shape index (κ3) is 3.48. The fourth-order valence-electron chi connectivity index (χ4n) is 3.96. The molecule has 160 valence electrons. The number of nitrogens with one attached hydrogen (secondary N) is 1. The molecule has 10 nitrogen and oxygen atoms in total. The van der Waals surface area contributed by atoms with Gasteiger partial charge < -0.3 is 14.6 Å². The van der Waals surface area contributed by atoms with Crippen molar-refractivity contribution in [1.29, 1.82) is 0 Å². The monoisotopic (exact) mass is 420 g/mol. The summed E-state index contributed by atoms with van der Waals surface area (Å²) in [6.45, 7) is 3.30. The Balaban J connectivity index is 1.49. The maximum atomic E-state index is 12.9. The normalized spacial score (nSPS) is 14.9. The Labute approximate surface area is 178 Å². The highest BCUT2D eigenvalue weighted by Crippen LogP contribution is 2.26. The van der Waals surface area contributed by atoms with Crippen molar-refractivity contribution in [3.05, 3.63) is 47.0 Å². The molecule has 5 heterocycles. The first kappa shape index (κ1) is 19.4. The molecule has 0 aliphatic carbocycles. The number of aromatic nitrogens is 7. The molecular formula is C21H24N8O2. The van der Waals surface area contributed by atoms with Crippen LogP contribution in [0.2, 0.25) is 0 Å². The highest BCUT2D eigenvalue weighted by atomic mass is 16.5. The summed E-state index contributed by atoms with van der Waals surface area (Å²) >= 11 is 0. The molecule has 0 amide bonds. The van der Waals surface area contributed by atoms with Crippen LogP contribution in [0, 0.1) is 6.92 Å². The second-order valence-corrected chi connectivity index (χ2v) is 7.89. The third-order valence-corrected chi connectivity index (χ3v) is 5.71. The second-order valence-electron chi connectivity index (χ2n) is 7.89. The van der Waals surface area contributed by atoms with Crippen LogP contribution in [-0.4, -0.2) is 46.9 Å². The summed E-state index contributed by atoms with van der Waals surface area (Å²) < 4.78 is 10.7. The molecule has 1 aliphatic rings. The molecule has 1 saturated heterocycles. The Morgan fingerprint density at radius 2 is 1.90 bits per heavy atom. The molecule has 10 heteroatoms. The quantitative estimate of drug-likeness (QED) is 0.540. The van der Waals surface area contributed by atoms with E-state index in [1.54, 1.807) is 34.9 Å². The van der Waals surface area contributed by atoms with Crippen molar-refractivity contribution in [1.82, 2.24) is 33.6 Å². The SMILES string of the molecule is Cc1cc(-c2cn(C)cn2)ncc1Nc1ncc2c(n1)n(C1CCOCC1)c(=O)n2C. The molecule has 0 aromatic carbocycles. The number of pyridine rings is 1. The van der Waals surface area contributed by atoms with E-state index in [1.807, 2.05) is 30.8 Å². The fraction of sp³-hybridized carbons (Fsp3) is 0.381. The molecule has 5 rings (SSSR count). The molecule has 4 aromatic rings. The lowest BCUT2D eigenvalue weighted by Gasteiger charge is -2.22. The van der Waals surface area contributed by atoms with Crippen LogP contribution in [0.5, 0.6) is 0 Å². The number of aryl methyl sites for hydroxylation is 3. The minimum atomic E-state index is -0.0779. The van der Waals surface area contributed by atoms with Gasteiger partial charge >= 0.3 is 5.69 Å². The predicted molar refractivity (Wildman–Crippen MR) is 116 cm³/mol. The lowest BCUT2D eigenvalue weighted by atomic mass is 10.1. The predicted octanol–water partition coefficient (Wildman–Crippen LogP) is 2.33. The van der Waals surface area contributed by atoms with E-state index in [4.69, 9.17) is 4.74 Å². The summed E-state index contributed by atoms with van der Waals surface area (Å²) in [5.41, 5.74) is 4.68. The van der Waals surface area contributed by atoms with E-state index in [0.29, 0.717) is 30.3 Å². The molecule has 1 fully saturated rings. The average molecular weight is 420 g/mol. The van der Waals surface area contributed by atoms with Gasteiger partial charge in [0.05, 0.1) is 30.1 Å². The zero-order valence-electron chi connectivity index (χ0n) is 17.7. The molecule has 0 bridgehead atoms. The van der Waals surface area contributed by atoms with Crippen LogP contribution in [0.25, 0.3) is 22.6 Å². The van der Waals surface area contributed by atoms with Crippen molar-refractivity contribution in [2.24, 2.45) is 14.1 Å². The van der Waals surface area contributed by atoms with Gasteiger partial charge in [0.2, 0.25) is 5.95 Å². The summed E-state index contributed by atoms with van der Waals surface area (Å²) in [6.07, 6.45) is 8.71. The number of hydrogen-bond donors (Lipinski definition) is 1. The number of anilines is 2. The van der Waals surface area contributed by atoms with Gasteiger partial charge in [0.1, 0.15) is 11.2 Å². The number of fused-ring (bicyclic) bond motifs is 1. The number of rotatable bonds is 4. The maximum absolute atomic E-state index is 12.9. The van der Waals surface area contributed by atoms with Gasteiger partial charge in [-0.2, -0.15) is 4.98 Å². The van der Waals surface area contributed by atoms with Crippen LogP contribution in [0.15, 0.2) is 35.8 Å². The van der Waals surface area contributed by atoms with E-state index in [2.05, 4.69) is 25.3 Å². The zero-order chi connectivity index (χ0) is 21.5. The molecule has 0 atom stereocenters. The Morgan fingerprint density at radius 3 is 2.61 bits per heavy atom. The molecule has 1 N–H and O–H groups in total. The van der Waals surface area contributed by atoms with E-state index in [-0.39, 0.29) is 11.7 Å². The number of hydrogen-bond acceptors (Lipinski definition) is 7. The maximum Gasteiger partial charge on any atom is 0.330 e. The molecule has 31 heavy (non-hydrogen) atoms. The first-order valence-corrected chi connectivity index (χ1v) is 10.2. The summed E-state index contributed by atoms with van der Waals surface area (Å²) in [4.78, 5) is 30.9. The van der Waals surface area contributed by atoms with Gasteiger partial charge in [0.25, 0.3) is 0 Å².